The zero-order valence-electron chi connectivity index (χ0n) is 11.0. The summed E-state index contributed by atoms with van der Waals surface area (Å²) in [6.45, 7) is 5.73. The molecule has 1 aromatic rings. The lowest BCUT2D eigenvalue weighted by molar-refractivity contribution is -0.111. The number of hydrogen-bond donors (Lipinski definition) is 1. The lowest BCUT2D eigenvalue weighted by atomic mass is 10.2. The number of allylic oxidation sites excluding steroid dienone is 3. The minimum absolute atomic E-state index is 0.203. The highest BCUT2D eigenvalue weighted by molar-refractivity contribution is 5.99. The Balaban J connectivity index is 2.71. The van der Waals surface area contributed by atoms with Crippen LogP contribution >= 0.6 is 0 Å². The van der Waals surface area contributed by atoms with Crippen molar-refractivity contribution in [2.45, 2.75) is 27.2 Å². The van der Waals surface area contributed by atoms with Crippen LogP contribution in [0, 0.1) is 12.7 Å². The van der Waals surface area contributed by atoms with Crippen molar-refractivity contribution in [3.05, 3.63) is 53.4 Å². The first-order chi connectivity index (χ1) is 8.56. The number of halogens is 1. The summed E-state index contributed by atoms with van der Waals surface area (Å²) >= 11 is 0. The second kappa shape index (κ2) is 6.74. The third kappa shape index (κ3) is 4.17. The Morgan fingerprint density at radius 2 is 2.11 bits per heavy atom. The van der Waals surface area contributed by atoms with Crippen LogP contribution in [-0.4, -0.2) is 5.91 Å². The molecule has 0 unspecified atom stereocenters. The average molecular weight is 247 g/mol. The van der Waals surface area contributed by atoms with E-state index in [1.165, 1.54) is 12.1 Å². The third-order valence-corrected chi connectivity index (χ3v) is 2.61. The molecule has 0 heterocycles. The van der Waals surface area contributed by atoms with Crippen LogP contribution in [0.15, 0.2) is 42.0 Å². The van der Waals surface area contributed by atoms with E-state index in [0.29, 0.717) is 0 Å². The zero-order chi connectivity index (χ0) is 13.5. The molecule has 0 fully saturated rings. The highest BCUT2D eigenvalue weighted by atomic mass is 19.1. The van der Waals surface area contributed by atoms with E-state index in [0.717, 1.165) is 17.6 Å². The van der Waals surface area contributed by atoms with Gasteiger partial charge < -0.3 is 5.32 Å². The van der Waals surface area contributed by atoms with Crippen LogP contribution in [0.3, 0.4) is 0 Å². The van der Waals surface area contributed by atoms with Crippen molar-refractivity contribution in [1.82, 2.24) is 0 Å². The fourth-order valence-electron chi connectivity index (χ4n) is 1.50. The molecule has 0 aliphatic heterocycles. The van der Waals surface area contributed by atoms with Crippen molar-refractivity contribution < 1.29 is 9.18 Å². The fourth-order valence-corrected chi connectivity index (χ4v) is 1.50. The summed E-state index contributed by atoms with van der Waals surface area (Å²) in [6.07, 6.45) is 5.95. The Kier molecular flexibility index (Phi) is 5.31. The van der Waals surface area contributed by atoms with Gasteiger partial charge in [0.25, 0.3) is 0 Å². The molecule has 0 saturated heterocycles. The maximum absolute atomic E-state index is 13.5. The minimum Gasteiger partial charge on any atom is -0.320 e. The minimum atomic E-state index is -0.418. The number of rotatable bonds is 4. The summed E-state index contributed by atoms with van der Waals surface area (Å²) < 4.78 is 13.5. The van der Waals surface area contributed by atoms with Crippen LogP contribution in [0.4, 0.5) is 10.1 Å². The van der Waals surface area contributed by atoms with Crippen LogP contribution in [-0.2, 0) is 4.79 Å². The summed E-state index contributed by atoms with van der Waals surface area (Å²) in [5, 5.41) is 2.51. The predicted octanol–water partition coefficient (Wildman–Crippen LogP) is 3.99. The lowest BCUT2D eigenvalue weighted by Gasteiger charge is -2.04. The van der Waals surface area contributed by atoms with E-state index in [2.05, 4.69) is 5.32 Å². The smallest absolute Gasteiger partial charge is 0.248 e. The molecule has 3 heteroatoms. The summed E-state index contributed by atoms with van der Waals surface area (Å²) in [5.74, 6) is -0.746. The van der Waals surface area contributed by atoms with E-state index >= 15 is 0 Å². The van der Waals surface area contributed by atoms with Gasteiger partial charge in [-0.1, -0.05) is 30.7 Å². The maximum atomic E-state index is 13.5. The molecule has 1 aromatic carbocycles. The molecule has 0 aliphatic carbocycles. The number of carbonyl (C=O) groups is 1. The van der Waals surface area contributed by atoms with Crippen molar-refractivity contribution in [1.29, 1.82) is 0 Å². The summed E-state index contributed by atoms with van der Waals surface area (Å²) in [6, 6.07) is 4.71. The van der Waals surface area contributed by atoms with Gasteiger partial charge in [-0.2, -0.15) is 0 Å². The molecule has 1 rings (SSSR count). The number of aryl methyl sites for hydroxylation is 1. The Morgan fingerprint density at radius 3 is 2.67 bits per heavy atom. The second-order valence-corrected chi connectivity index (χ2v) is 4.02. The quantitative estimate of drug-likeness (QED) is 0.632. The average Bonchev–Trinajstić information content (AvgIpc) is 2.34. The first-order valence-electron chi connectivity index (χ1n) is 5.97. The lowest BCUT2D eigenvalue weighted by Crippen LogP contribution is -2.09. The van der Waals surface area contributed by atoms with Crippen LogP contribution < -0.4 is 5.32 Å². The third-order valence-electron chi connectivity index (χ3n) is 2.61. The van der Waals surface area contributed by atoms with Gasteiger partial charge in [0.15, 0.2) is 0 Å². The van der Waals surface area contributed by atoms with E-state index in [4.69, 9.17) is 0 Å². The van der Waals surface area contributed by atoms with E-state index in [-0.39, 0.29) is 11.6 Å². The molecule has 0 radical (unpaired) electrons. The Morgan fingerprint density at radius 1 is 1.39 bits per heavy atom. The maximum Gasteiger partial charge on any atom is 0.248 e. The van der Waals surface area contributed by atoms with Crippen LogP contribution in [0.5, 0.6) is 0 Å². The number of carbonyl (C=O) groups excluding carboxylic acids is 1. The van der Waals surface area contributed by atoms with Crippen LogP contribution in [0.1, 0.15) is 25.8 Å². The van der Waals surface area contributed by atoms with Gasteiger partial charge >= 0.3 is 0 Å². The second-order valence-electron chi connectivity index (χ2n) is 4.02. The molecule has 1 amide bonds. The van der Waals surface area contributed by atoms with Gasteiger partial charge in [-0.05, 0) is 38.0 Å². The van der Waals surface area contributed by atoms with Gasteiger partial charge in [-0.15, -0.1) is 0 Å². The van der Waals surface area contributed by atoms with Crippen LogP contribution in [0.2, 0.25) is 0 Å². The Labute approximate surface area is 107 Å². The van der Waals surface area contributed by atoms with E-state index in [1.807, 2.05) is 19.9 Å². The Hall–Kier alpha value is -1.90. The molecular formula is C15H18FNO. The number of anilines is 1. The Bertz CT molecular complexity index is 489. The first-order valence-corrected chi connectivity index (χ1v) is 5.97. The summed E-state index contributed by atoms with van der Waals surface area (Å²) in [5.41, 5.74) is 2.09. The van der Waals surface area contributed by atoms with Gasteiger partial charge in [-0.25, -0.2) is 4.39 Å². The molecule has 2 nitrogen and oxygen atoms in total. The number of hydrogen-bond acceptors (Lipinski definition) is 1. The molecule has 0 bridgehead atoms. The molecule has 96 valence electrons. The molecular weight excluding hydrogens is 229 g/mol. The molecule has 18 heavy (non-hydrogen) atoms. The van der Waals surface area contributed by atoms with Gasteiger partial charge in [0.05, 0.1) is 5.69 Å². The van der Waals surface area contributed by atoms with Crippen molar-refractivity contribution in [2.75, 3.05) is 5.32 Å². The first kappa shape index (κ1) is 14.2. The topological polar surface area (TPSA) is 29.1 Å². The number of amides is 1. The molecule has 0 saturated carbocycles. The fraction of sp³-hybridized carbons (Fsp3) is 0.267. The predicted molar refractivity (Wildman–Crippen MR) is 73.0 cm³/mol. The van der Waals surface area contributed by atoms with Gasteiger partial charge in [0.1, 0.15) is 5.82 Å². The van der Waals surface area contributed by atoms with Gasteiger partial charge in [0, 0.05) is 6.08 Å². The highest BCUT2D eigenvalue weighted by Crippen LogP contribution is 2.15. The molecule has 1 N–H and O–H groups in total. The van der Waals surface area contributed by atoms with Crippen molar-refractivity contribution >= 4 is 11.6 Å². The van der Waals surface area contributed by atoms with Gasteiger partial charge in [0.2, 0.25) is 5.91 Å². The van der Waals surface area contributed by atoms with Crippen molar-refractivity contribution in [3.63, 3.8) is 0 Å². The SMILES string of the molecule is C/C=C(\C=C\C(=O)Nc1ccc(C)cc1F)CC. The largest absolute Gasteiger partial charge is 0.320 e. The molecule has 0 aromatic heterocycles. The standard InChI is InChI=1S/C15H18FNO/c1-4-12(5-2)7-9-15(18)17-14-8-6-11(3)10-13(14)16/h4,6-10H,5H2,1-3H3,(H,17,18)/b9-7+,12-4-. The molecule has 0 aliphatic rings. The van der Waals surface area contributed by atoms with E-state index in [9.17, 15) is 9.18 Å². The highest BCUT2D eigenvalue weighted by Gasteiger charge is 2.04. The monoisotopic (exact) mass is 247 g/mol. The van der Waals surface area contributed by atoms with Crippen molar-refractivity contribution in [2.24, 2.45) is 0 Å². The van der Waals surface area contributed by atoms with Crippen LogP contribution in [0.25, 0.3) is 0 Å². The van der Waals surface area contributed by atoms with Crippen molar-refractivity contribution in [3.8, 4) is 0 Å². The molecule has 0 spiro atoms. The van der Waals surface area contributed by atoms with E-state index in [1.54, 1.807) is 25.1 Å². The summed E-state index contributed by atoms with van der Waals surface area (Å²) in [7, 11) is 0. The zero-order valence-corrected chi connectivity index (χ0v) is 11.0. The molecule has 0 atom stereocenters. The summed E-state index contributed by atoms with van der Waals surface area (Å²) in [4.78, 5) is 11.6. The number of benzene rings is 1. The number of nitrogens with one attached hydrogen (secondary N) is 1. The van der Waals surface area contributed by atoms with E-state index < -0.39 is 5.82 Å². The van der Waals surface area contributed by atoms with Gasteiger partial charge in [-0.3, -0.25) is 4.79 Å². The normalized spacial score (nSPS) is 11.9.